The van der Waals surface area contributed by atoms with Crippen LogP contribution in [0.3, 0.4) is 0 Å². The Bertz CT molecular complexity index is 2860. The SMILES string of the molecule is CC(C)(C)c1cc(-c2cccc(-c3ccccc3N(c3ccc4c(c3)C(C)(C)c3ccccc3-4)c3ccc4c(c3)C3(CC5CCC3C5)c3ccccc3-4)c2)cc(C(C)(C)C)c1. The molecule has 2 saturated carbocycles. The number of fused-ring (bicyclic) bond motifs is 11. The zero-order valence-electron chi connectivity index (χ0n) is 37.4. The van der Waals surface area contributed by atoms with Crippen molar-refractivity contribution in [3.63, 3.8) is 0 Å². The predicted octanol–water partition coefficient (Wildman–Crippen LogP) is 16.5. The molecular formula is C60H59N. The lowest BCUT2D eigenvalue weighted by atomic mass is 9.67. The van der Waals surface area contributed by atoms with Gasteiger partial charge in [-0.3, -0.25) is 0 Å². The standard InChI is InChI=1S/C60H59N/c1-57(2,3)43-32-41(33-44(34-43)58(4,5)6)39-16-15-17-40(31-39)47-18-11-14-23-56(47)61(45-26-28-50-48-19-9-12-21-52(48)59(7,8)54(50)35-45)46-27-29-51-49-20-10-13-22-53(49)60(55(51)36-46)37-38-24-25-42(60)30-38/h9-23,26-29,31-36,38,42H,24-25,30,37H2,1-8H3. The quantitative estimate of drug-likeness (QED) is 0.168. The second kappa shape index (κ2) is 13.4. The van der Waals surface area contributed by atoms with Gasteiger partial charge >= 0.3 is 0 Å². The zero-order chi connectivity index (χ0) is 42.1. The van der Waals surface area contributed by atoms with Crippen molar-refractivity contribution < 1.29 is 0 Å². The van der Waals surface area contributed by atoms with Gasteiger partial charge in [0.2, 0.25) is 0 Å². The normalized spacial score (nSPS) is 20.4. The molecule has 1 spiro atoms. The van der Waals surface area contributed by atoms with Crippen molar-refractivity contribution >= 4 is 17.1 Å². The number of nitrogens with zero attached hydrogens (tertiary/aromatic N) is 1. The Balaban J connectivity index is 1.11. The maximum absolute atomic E-state index is 2.61. The molecule has 0 aliphatic heterocycles. The number of benzene rings is 7. The maximum Gasteiger partial charge on any atom is 0.0540 e. The van der Waals surface area contributed by atoms with Gasteiger partial charge in [-0.15, -0.1) is 0 Å². The van der Waals surface area contributed by atoms with E-state index in [1.807, 2.05) is 0 Å². The lowest BCUT2D eigenvalue weighted by Gasteiger charge is -2.37. The molecule has 2 bridgehead atoms. The Labute approximate surface area is 364 Å². The van der Waals surface area contributed by atoms with Crippen molar-refractivity contribution in [2.45, 2.75) is 103 Å². The van der Waals surface area contributed by atoms with Crippen LogP contribution in [0.15, 0.2) is 152 Å². The van der Waals surface area contributed by atoms with E-state index in [4.69, 9.17) is 0 Å². The van der Waals surface area contributed by atoms with Gasteiger partial charge in [0.1, 0.15) is 0 Å². The molecule has 0 aromatic heterocycles. The Morgan fingerprint density at radius 1 is 0.459 bits per heavy atom. The number of rotatable bonds is 5. The van der Waals surface area contributed by atoms with Crippen molar-refractivity contribution in [3.8, 4) is 44.5 Å². The van der Waals surface area contributed by atoms with E-state index >= 15 is 0 Å². The number of para-hydroxylation sites is 1. The topological polar surface area (TPSA) is 3.24 Å². The molecule has 4 aliphatic carbocycles. The monoisotopic (exact) mass is 793 g/mol. The summed E-state index contributed by atoms with van der Waals surface area (Å²) in [4.78, 5) is 2.59. The van der Waals surface area contributed by atoms with E-state index in [2.05, 4.69) is 212 Å². The average Bonchev–Trinajstić information content (AvgIpc) is 4.00. The minimum absolute atomic E-state index is 0.0420. The highest BCUT2D eigenvalue weighted by Gasteiger charge is 2.56. The molecule has 3 unspecified atom stereocenters. The fourth-order valence-corrected chi connectivity index (χ4v) is 12.2. The average molecular weight is 794 g/mol. The molecule has 4 aliphatic rings. The molecule has 0 saturated heterocycles. The predicted molar refractivity (Wildman–Crippen MR) is 259 cm³/mol. The van der Waals surface area contributed by atoms with Crippen molar-refractivity contribution in [1.82, 2.24) is 0 Å². The summed E-state index contributed by atoms with van der Waals surface area (Å²) < 4.78 is 0. The van der Waals surface area contributed by atoms with Gasteiger partial charge in [-0.2, -0.15) is 0 Å². The first-order valence-corrected chi connectivity index (χ1v) is 22.9. The lowest BCUT2D eigenvalue weighted by molar-refractivity contribution is 0.327. The van der Waals surface area contributed by atoms with Crippen LogP contribution in [0.4, 0.5) is 17.1 Å². The van der Waals surface area contributed by atoms with Crippen LogP contribution >= 0.6 is 0 Å². The minimum atomic E-state index is -0.109. The minimum Gasteiger partial charge on any atom is -0.310 e. The summed E-state index contributed by atoms with van der Waals surface area (Å²) >= 11 is 0. The van der Waals surface area contributed by atoms with E-state index in [1.165, 1.54) is 110 Å². The molecule has 304 valence electrons. The first-order chi connectivity index (χ1) is 29.2. The maximum atomic E-state index is 2.61. The third kappa shape index (κ3) is 5.86. The van der Waals surface area contributed by atoms with Crippen LogP contribution in [0.5, 0.6) is 0 Å². The van der Waals surface area contributed by atoms with Gasteiger partial charge in [-0.25, -0.2) is 0 Å². The molecule has 0 radical (unpaired) electrons. The summed E-state index contributed by atoms with van der Waals surface area (Å²) in [5.41, 5.74) is 22.9. The van der Waals surface area contributed by atoms with Crippen molar-refractivity contribution in [2.75, 3.05) is 4.90 Å². The zero-order valence-corrected chi connectivity index (χ0v) is 37.4. The first-order valence-electron chi connectivity index (χ1n) is 22.9. The molecule has 2 fully saturated rings. The Morgan fingerprint density at radius 2 is 1.02 bits per heavy atom. The second-order valence-electron chi connectivity index (χ2n) is 21.5. The van der Waals surface area contributed by atoms with Crippen LogP contribution in [-0.2, 0) is 21.7 Å². The molecule has 3 atom stereocenters. The fourth-order valence-electron chi connectivity index (χ4n) is 12.2. The van der Waals surface area contributed by atoms with Gasteiger partial charge < -0.3 is 4.90 Å². The van der Waals surface area contributed by atoms with Crippen LogP contribution < -0.4 is 4.90 Å². The van der Waals surface area contributed by atoms with Gasteiger partial charge in [0.15, 0.2) is 0 Å². The van der Waals surface area contributed by atoms with E-state index in [-0.39, 0.29) is 21.7 Å². The van der Waals surface area contributed by atoms with E-state index in [9.17, 15) is 0 Å². The highest BCUT2D eigenvalue weighted by atomic mass is 15.1. The van der Waals surface area contributed by atoms with Crippen LogP contribution in [0.2, 0.25) is 0 Å². The summed E-state index contributed by atoms with van der Waals surface area (Å²) in [6.45, 7) is 18.8. The van der Waals surface area contributed by atoms with Crippen LogP contribution in [0, 0.1) is 11.8 Å². The smallest absolute Gasteiger partial charge is 0.0540 e. The van der Waals surface area contributed by atoms with Crippen molar-refractivity contribution in [1.29, 1.82) is 0 Å². The molecule has 7 aromatic rings. The van der Waals surface area contributed by atoms with Gasteiger partial charge in [0, 0.05) is 27.8 Å². The molecule has 11 rings (SSSR count). The van der Waals surface area contributed by atoms with Crippen molar-refractivity contribution in [3.05, 3.63) is 185 Å². The molecule has 7 aromatic carbocycles. The largest absolute Gasteiger partial charge is 0.310 e. The third-order valence-corrected chi connectivity index (χ3v) is 15.4. The summed E-state index contributed by atoms with van der Waals surface area (Å²) in [5, 5.41) is 0. The Morgan fingerprint density at radius 3 is 1.66 bits per heavy atom. The first kappa shape index (κ1) is 38.3. The van der Waals surface area contributed by atoms with Crippen LogP contribution in [-0.4, -0.2) is 0 Å². The highest BCUT2D eigenvalue weighted by molar-refractivity contribution is 5.93. The van der Waals surface area contributed by atoms with E-state index in [0.717, 1.165) is 5.92 Å². The fraction of sp³-hybridized carbons (Fsp3) is 0.300. The summed E-state index contributed by atoms with van der Waals surface area (Å²) in [6.07, 6.45) is 5.35. The van der Waals surface area contributed by atoms with E-state index < -0.39 is 0 Å². The van der Waals surface area contributed by atoms with Gasteiger partial charge in [-0.05, 0) is 151 Å². The molecule has 0 amide bonds. The van der Waals surface area contributed by atoms with Gasteiger partial charge in [0.05, 0.1) is 5.69 Å². The molecule has 1 heteroatoms. The third-order valence-electron chi connectivity index (χ3n) is 15.4. The molecule has 1 nitrogen and oxygen atoms in total. The Kier molecular flexibility index (Phi) is 8.42. The van der Waals surface area contributed by atoms with Crippen LogP contribution in [0.25, 0.3) is 44.5 Å². The van der Waals surface area contributed by atoms with E-state index in [0.29, 0.717) is 5.92 Å². The Hall–Kier alpha value is -5.66. The number of hydrogen-bond donors (Lipinski definition) is 0. The number of hydrogen-bond acceptors (Lipinski definition) is 1. The van der Waals surface area contributed by atoms with Gasteiger partial charge in [0.25, 0.3) is 0 Å². The molecular weight excluding hydrogens is 735 g/mol. The summed E-state index contributed by atoms with van der Waals surface area (Å²) in [7, 11) is 0. The van der Waals surface area contributed by atoms with Gasteiger partial charge in [-0.1, -0.05) is 177 Å². The molecule has 61 heavy (non-hydrogen) atoms. The van der Waals surface area contributed by atoms with Crippen LogP contribution in [0.1, 0.15) is 114 Å². The lowest BCUT2D eigenvalue weighted by Crippen LogP contribution is -2.32. The van der Waals surface area contributed by atoms with E-state index in [1.54, 1.807) is 11.1 Å². The summed E-state index contributed by atoms with van der Waals surface area (Å²) in [5.74, 6) is 1.52. The molecule has 0 N–H and O–H groups in total. The second-order valence-corrected chi connectivity index (χ2v) is 21.5. The highest BCUT2D eigenvalue weighted by Crippen LogP contribution is 2.66. The number of anilines is 3. The summed E-state index contributed by atoms with van der Waals surface area (Å²) in [6, 6.07) is 58.8. The van der Waals surface area contributed by atoms with Crippen molar-refractivity contribution in [2.24, 2.45) is 11.8 Å². The molecule has 0 heterocycles.